The van der Waals surface area contributed by atoms with Crippen molar-refractivity contribution < 1.29 is 5.11 Å². The number of aromatic amines is 1. The van der Waals surface area contributed by atoms with E-state index in [-0.39, 0.29) is 6.61 Å². The summed E-state index contributed by atoms with van der Waals surface area (Å²) in [7, 11) is 0. The summed E-state index contributed by atoms with van der Waals surface area (Å²) in [6, 6.07) is 3.14. The molecule has 2 rings (SSSR count). The lowest BCUT2D eigenvalue weighted by Gasteiger charge is -2.26. The minimum atomic E-state index is 0.181. The van der Waals surface area contributed by atoms with Crippen molar-refractivity contribution in [3.8, 4) is 0 Å². The molecule has 90 valence electrons. The van der Waals surface area contributed by atoms with Gasteiger partial charge in [-0.2, -0.15) is 5.10 Å². The second kappa shape index (κ2) is 4.97. The maximum absolute atomic E-state index is 8.88. The number of rotatable bonds is 4. The van der Waals surface area contributed by atoms with Crippen molar-refractivity contribution in [2.24, 2.45) is 0 Å². The zero-order valence-electron chi connectivity index (χ0n) is 10.1. The molecule has 1 fully saturated rings. The highest BCUT2D eigenvalue weighted by atomic mass is 16.3. The molecule has 0 aromatic carbocycles. The first kappa shape index (κ1) is 11.6. The van der Waals surface area contributed by atoms with Crippen molar-refractivity contribution in [3.63, 3.8) is 0 Å². The fourth-order valence-corrected chi connectivity index (χ4v) is 2.52. The quantitative estimate of drug-likeness (QED) is 0.813. The summed E-state index contributed by atoms with van der Waals surface area (Å²) >= 11 is 0. The molecule has 1 atom stereocenters. The Morgan fingerprint density at radius 1 is 1.62 bits per heavy atom. The van der Waals surface area contributed by atoms with Gasteiger partial charge < -0.3 is 5.11 Å². The Bertz CT molecular complexity index is 335. The van der Waals surface area contributed by atoms with E-state index in [1.54, 1.807) is 0 Å². The standard InChI is InChI=1S/C12H21N3O/c1-9(2)15-6-3-4-12(15)11-8-10(5-7-16)13-14-11/h8-9,12,16H,3-7H2,1-2H3,(H,13,14)/t12-/m1/s1. The Kier molecular flexibility index (Phi) is 3.61. The van der Waals surface area contributed by atoms with Crippen LogP contribution in [0.5, 0.6) is 0 Å². The summed E-state index contributed by atoms with van der Waals surface area (Å²) in [6.07, 6.45) is 3.12. The Balaban J connectivity index is 2.10. The average molecular weight is 223 g/mol. The van der Waals surface area contributed by atoms with Crippen LogP contribution >= 0.6 is 0 Å². The molecule has 0 spiro atoms. The Morgan fingerprint density at radius 3 is 3.12 bits per heavy atom. The van der Waals surface area contributed by atoms with E-state index >= 15 is 0 Å². The van der Waals surface area contributed by atoms with E-state index in [0.717, 1.165) is 11.4 Å². The maximum atomic E-state index is 8.88. The van der Waals surface area contributed by atoms with Crippen LogP contribution in [-0.2, 0) is 6.42 Å². The molecule has 0 bridgehead atoms. The zero-order valence-corrected chi connectivity index (χ0v) is 10.1. The minimum Gasteiger partial charge on any atom is -0.396 e. The van der Waals surface area contributed by atoms with E-state index in [1.165, 1.54) is 19.4 Å². The molecule has 4 heteroatoms. The smallest absolute Gasteiger partial charge is 0.0796 e. The Morgan fingerprint density at radius 2 is 2.44 bits per heavy atom. The van der Waals surface area contributed by atoms with Gasteiger partial charge in [-0.3, -0.25) is 10.00 Å². The first-order valence-electron chi connectivity index (χ1n) is 6.13. The van der Waals surface area contributed by atoms with Gasteiger partial charge in [-0.25, -0.2) is 0 Å². The lowest BCUT2D eigenvalue weighted by atomic mass is 10.1. The fraction of sp³-hybridized carbons (Fsp3) is 0.750. The predicted octanol–water partition coefficient (Wildman–Crippen LogP) is 1.49. The summed E-state index contributed by atoms with van der Waals surface area (Å²) in [5, 5.41) is 16.3. The molecule has 0 saturated carbocycles. The van der Waals surface area contributed by atoms with Crippen LogP contribution in [0.25, 0.3) is 0 Å². The van der Waals surface area contributed by atoms with Crippen LogP contribution in [0.2, 0.25) is 0 Å². The van der Waals surface area contributed by atoms with Gasteiger partial charge in [-0.15, -0.1) is 0 Å². The van der Waals surface area contributed by atoms with E-state index in [0.29, 0.717) is 18.5 Å². The fourth-order valence-electron chi connectivity index (χ4n) is 2.52. The van der Waals surface area contributed by atoms with Crippen molar-refractivity contribution in [2.75, 3.05) is 13.2 Å². The van der Waals surface area contributed by atoms with Gasteiger partial charge in [0, 0.05) is 24.8 Å². The number of aliphatic hydroxyl groups is 1. The van der Waals surface area contributed by atoms with Gasteiger partial charge in [-0.1, -0.05) is 0 Å². The number of aliphatic hydroxyl groups excluding tert-OH is 1. The van der Waals surface area contributed by atoms with Crippen molar-refractivity contribution in [3.05, 3.63) is 17.5 Å². The second-order valence-corrected chi connectivity index (χ2v) is 4.78. The molecule has 1 aromatic heterocycles. The van der Waals surface area contributed by atoms with E-state index in [9.17, 15) is 0 Å². The van der Waals surface area contributed by atoms with Gasteiger partial charge in [0.1, 0.15) is 0 Å². The van der Waals surface area contributed by atoms with Gasteiger partial charge in [0.2, 0.25) is 0 Å². The molecule has 16 heavy (non-hydrogen) atoms. The molecule has 0 radical (unpaired) electrons. The summed E-state index contributed by atoms with van der Waals surface area (Å²) in [6.45, 7) is 5.82. The molecule has 4 nitrogen and oxygen atoms in total. The SMILES string of the molecule is CC(C)N1CCC[C@@H]1c1cc(CCO)[nH]n1. The molecule has 1 aliphatic rings. The van der Waals surface area contributed by atoms with E-state index < -0.39 is 0 Å². The summed E-state index contributed by atoms with van der Waals surface area (Å²) in [5.41, 5.74) is 2.17. The molecule has 0 unspecified atom stereocenters. The van der Waals surface area contributed by atoms with Crippen LogP contribution in [0.3, 0.4) is 0 Å². The third kappa shape index (κ3) is 2.28. The highest BCUT2D eigenvalue weighted by Gasteiger charge is 2.29. The Hall–Kier alpha value is -0.870. The number of aromatic nitrogens is 2. The largest absolute Gasteiger partial charge is 0.396 e. The third-order valence-corrected chi connectivity index (χ3v) is 3.33. The molecule has 2 heterocycles. The van der Waals surface area contributed by atoms with Crippen LogP contribution in [0, 0.1) is 0 Å². The molecule has 2 N–H and O–H groups in total. The summed E-state index contributed by atoms with van der Waals surface area (Å²) in [5.74, 6) is 0. The van der Waals surface area contributed by atoms with Crippen LogP contribution in [0.1, 0.15) is 44.1 Å². The lowest BCUT2D eigenvalue weighted by molar-refractivity contribution is 0.202. The zero-order chi connectivity index (χ0) is 11.5. The first-order valence-corrected chi connectivity index (χ1v) is 6.13. The van der Waals surface area contributed by atoms with Gasteiger partial charge >= 0.3 is 0 Å². The summed E-state index contributed by atoms with van der Waals surface area (Å²) in [4.78, 5) is 2.50. The van der Waals surface area contributed by atoms with E-state index in [4.69, 9.17) is 5.11 Å². The normalized spacial score (nSPS) is 22.1. The first-order chi connectivity index (χ1) is 7.72. The third-order valence-electron chi connectivity index (χ3n) is 3.33. The maximum Gasteiger partial charge on any atom is 0.0796 e. The molecule has 0 amide bonds. The lowest BCUT2D eigenvalue weighted by Crippen LogP contribution is -2.30. The van der Waals surface area contributed by atoms with Crippen molar-refractivity contribution in [1.29, 1.82) is 0 Å². The van der Waals surface area contributed by atoms with Crippen LogP contribution in [-0.4, -0.2) is 39.4 Å². The summed E-state index contributed by atoms with van der Waals surface area (Å²) < 4.78 is 0. The highest BCUT2D eigenvalue weighted by Crippen LogP contribution is 2.32. The van der Waals surface area contributed by atoms with Crippen molar-refractivity contribution >= 4 is 0 Å². The average Bonchev–Trinajstić information content (AvgIpc) is 2.83. The van der Waals surface area contributed by atoms with Crippen LogP contribution in [0.15, 0.2) is 6.07 Å². The van der Waals surface area contributed by atoms with E-state index in [2.05, 4.69) is 35.0 Å². The minimum absolute atomic E-state index is 0.181. The Labute approximate surface area is 96.7 Å². The molecule has 1 aromatic rings. The topological polar surface area (TPSA) is 52.1 Å². The number of nitrogens with zero attached hydrogens (tertiary/aromatic N) is 2. The number of hydrogen-bond acceptors (Lipinski definition) is 3. The van der Waals surface area contributed by atoms with Gasteiger partial charge in [-0.05, 0) is 39.3 Å². The highest BCUT2D eigenvalue weighted by molar-refractivity contribution is 5.14. The molecular weight excluding hydrogens is 202 g/mol. The number of hydrogen-bond donors (Lipinski definition) is 2. The second-order valence-electron chi connectivity index (χ2n) is 4.78. The van der Waals surface area contributed by atoms with Crippen molar-refractivity contribution in [2.45, 2.75) is 45.2 Å². The number of H-pyrrole nitrogens is 1. The van der Waals surface area contributed by atoms with Gasteiger partial charge in [0.25, 0.3) is 0 Å². The van der Waals surface area contributed by atoms with Gasteiger partial charge in [0.05, 0.1) is 11.7 Å². The van der Waals surface area contributed by atoms with Crippen LogP contribution < -0.4 is 0 Å². The van der Waals surface area contributed by atoms with E-state index in [1.807, 2.05) is 0 Å². The molecule has 1 aliphatic heterocycles. The predicted molar refractivity (Wildman–Crippen MR) is 63.2 cm³/mol. The van der Waals surface area contributed by atoms with Crippen molar-refractivity contribution in [1.82, 2.24) is 15.1 Å². The molecule has 1 saturated heterocycles. The number of nitrogens with one attached hydrogen (secondary N) is 1. The molecular formula is C12H21N3O. The monoisotopic (exact) mass is 223 g/mol. The van der Waals surface area contributed by atoms with Gasteiger partial charge in [0.15, 0.2) is 0 Å². The molecule has 0 aliphatic carbocycles. The van der Waals surface area contributed by atoms with Crippen LogP contribution in [0.4, 0.5) is 0 Å². The number of likely N-dealkylation sites (tertiary alicyclic amines) is 1.